The number of oxazole rings is 1. The molecule has 0 aliphatic carbocycles. The maximum Gasteiger partial charge on any atom is 0.226 e. The molecule has 0 bridgehead atoms. The van der Waals surface area contributed by atoms with E-state index in [2.05, 4.69) is 10.1 Å². The lowest BCUT2D eigenvalue weighted by Crippen LogP contribution is -1.89. The van der Waals surface area contributed by atoms with Gasteiger partial charge < -0.3 is 14.0 Å². The van der Waals surface area contributed by atoms with Crippen molar-refractivity contribution >= 4 is 6.21 Å². The molecule has 0 spiro atoms. The molecule has 0 aliphatic rings. The Morgan fingerprint density at radius 3 is 2.61 bits per heavy atom. The van der Waals surface area contributed by atoms with Crippen molar-refractivity contribution in [2.24, 2.45) is 5.16 Å². The van der Waals surface area contributed by atoms with Crippen LogP contribution in [0.25, 0.3) is 11.5 Å². The van der Waals surface area contributed by atoms with Gasteiger partial charge >= 0.3 is 0 Å². The Morgan fingerprint density at radius 1 is 1.09 bits per heavy atom. The van der Waals surface area contributed by atoms with Crippen LogP contribution in [0.1, 0.15) is 11.3 Å². The molecule has 0 radical (unpaired) electrons. The molecule has 0 saturated heterocycles. The van der Waals surface area contributed by atoms with Crippen molar-refractivity contribution in [3.05, 3.63) is 72.1 Å². The van der Waals surface area contributed by atoms with Crippen molar-refractivity contribution in [2.75, 3.05) is 7.11 Å². The molecule has 1 heterocycles. The van der Waals surface area contributed by atoms with E-state index in [1.807, 2.05) is 54.6 Å². The molecule has 3 rings (SSSR count). The summed E-state index contributed by atoms with van der Waals surface area (Å²) in [7, 11) is 1.63. The van der Waals surface area contributed by atoms with Crippen molar-refractivity contribution in [2.45, 2.75) is 6.61 Å². The normalized spacial score (nSPS) is 10.8. The average molecular weight is 308 g/mol. The summed E-state index contributed by atoms with van der Waals surface area (Å²) in [4.78, 5) is 9.61. The zero-order valence-electron chi connectivity index (χ0n) is 12.7. The summed E-state index contributed by atoms with van der Waals surface area (Å²) in [5, 5.41) is 3.92. The van der Waals surface area contributed by atoms with Gasteiger partial charge in [-0.3, -0.25) is 0 Å². The fourth-order valence-electron chi connectivity index (χ4n) is 1.98. The molecule has 0 N–H and O–H groups in total. The minimum Gasteiger partial charge on any atom is -0.497 e. The first-order valence-corrected chi connectivity index (χ1v) is 7.14. The van der Waals surface area contributed by atoms with Gasteiger partial charge in [-0.2, -0.15) is 0 Å². The lowest BCUT2D eigenvalue weighted by atomic mass is 10.2. The number of methoxy groups -OCH3 is 1. The van der Waals surface area contributed by atoms with Gasteiger partial charge in [-0.15, -0.1) is 0 Å². The molecule has 0 unspecified atom stereocenters. The standard InChI is InChI=1S/C18H16N2O3/c1-21-17-9-7-15(8-10-17)18-20-16(12-22-18)13-23-19-11-14-5-3-2-4-6-14/h2-12H,13H2,1H3/b19-11+. The number of hydrogen-bond acceptors (Lipinski definition) is 5. The number of oxime groups is 1. The molecular formula is C18H16N2O3. The van der Waals surface area contributed by atoms with Crippen LogP contribution < -0.4 is 4.74 Å². The predicted octanol–water partition coefficient (Wildman–Crippen LogP) is 3.90. The quantitative estimate of drug-likeness (QED) is 0.512. The zero-order valence-corrected chi connectivity index (χ0v) is 12.7. The lowest BCUT2D eigenvalue weighted by Gasteiger charge is -1.99. The van der Waals surface area contributed by atoms with E-state index < -0.39 is 0 Å². The van der Waals surface area contributed by atoms with Gasteiger partial charge in [-0.25, -0.2) is 4.98 Å². The molecular weight excluding hydrogens is 292 g/mol. The summed E-state index contributed by atoms with van der Waals surface area (Å²) >= 11 is 0. The highest BCUT2D eigenvalue weighted by atomic mass is 16.6. The van der Waals surface area contributed by atoms with Gasteiger partial charge in [0, 0.05) is 5.56 Å². The van der Waals surface area contributed by atoms with Crippen LogP contribution in [0.5, 0.6) is 5.75 Å². The minimum atomic E-state index is 0.253. The monoisotopic (exact) mass is 308 g/mol. The number of ether oxygens (including phenoxy) is 1. The Bertz CT molecular complexity index is 764. The number of rotatable bonds is 6. The average Bonchev–Trinajstić information content (AvgIpc) is 3.09. The Hall–Kier alpha value is -3.08. The van der Waals surface area contributed by atoms with Crippen LogP contribution in [-0.4, -0.2) is 18.3 Å². The van der Waals surface area contributed by atoms with E-state index in [1.54, 1.807) is 19.6 Å². The highest BCUT2D eigenvalue weighted by Crippen LogP contribution is 2.21. The molecule has 5 nitrogen and oxygen atoms in total. The number of hydrogen-bond donors (Lipinski definition) is 0. The molecule has 0 fully saturated rings. The van der Waals surface area contributed by atoms with Crippen LogP contribution in [0, 0.1) is 0 Å². The molecule has 1 aromatic heterocycles. The van der Waals surface area contributed by atoms with E-state index in [1.165, 1.54) is 0 Å². The Labute approximate surface area is 134 Å². The third kappa shape index (κ3) is 3.97. The summed E-state index contributed by atoms with van der Waals surface area (Å²) in [6, 6.07) is 17.2. The van der Waals surface area contributed by atoms with Crippen LogP contribution in [0.15, 0.2) is 70.4 Å². The molecule has 0 saturated carbocycles. The summed E-state index contributed by atoms with van der Waals surface area (Å²) in [6.45, 7) is 0.253. The van der Waals surface area contributed by atoms with E-state index in [9.17, 15) is 0 Å². The Kier molecular flexibility index (Phi) is 4.69. The molecule has 23 heavy (non-hydrogen) atoms. The van der Waals surface area contributed by atoms with Gasteiger partial charge in [0.25, 0.3) is 0 Å². The first-order valence-electron chi connectivity index (χ1n) is 7.14. The summed E-state index contributed by atoms with van der Waals surface area (Å²) in [6.07, 6.45) is 3.22. The third-order valence-corrected chi connectivity index (χ3v) is 3.18. The van der Waals surface area contributed by atoms with Gasteiger partial charge in [0.1, 0.15) is 17.7 Å². The molecule has 5 heteroatoms. The van der Waals surface area contributed by atoms with Gasteiger partial charge in [0.05, 0.1) is 13.3 Å². The predicted molar refractivity (Wildman–Crippen MR) is 87.3 cm³/mol. The first kappa shape index (κ1) is 14.8. The number of benzene rings is 2. The Balaban J connectivity index is 1.57. The van der Waals surface area contributed by atoms with Gasteiger partial charge in [0.2, 0.25) is 5.89 Å². The second-order valence-electron chi connectivity index (χ2n) is 4.79. The van der Waals surface area contributed by atoms with E-state index in [4.69, 9.17) is 14.0 Å². The number of nitrogens with zero attached hydrogens (tertiary/aromatic N) is 2. The summed E-state index contributed by atoms with van der Waals surface area (Å²) in [5.41, 5.74) is 2.54. The highest BCUT2D eigenvalue weighted by Gasteiger charge is 2.07. The van der Waals surface area contributed by atoms with E-state index in [-0.39, 0.29) is 6.61 Å². The van der Waals surface area contributed by atoms with E-state index in [0.29, 0.717) is 11.6 Å². The van der Waals surface area contributed by atoms with Crippen LogP contribution in [-0.2, 0) is 11.4 Å². The third-order valence-electron chi connectivity index (χ3n) is 3.18. The van der Waals surface area contributed by atoms with Gasteiger partial charge in [0.15, 0.2) is 6.61 Å². The topological polar surface area (TPSA) is 56.9 Å². The SMILES string of the molecule is COc1ccc(-c2nc(CO/N=C/c3ccccc3)co2)cc1. The molecule has 0 amide bonds. The van der Waals surface area contributed by atoms with Crippen molar-refractivity contribution in [3.63, 3.8) is 0 Å². The Morgan fingerprint density at radius 2 is 1.87 bits per heavy atom. The van der Waals surface area contributed by atoms with Crippen LogP contribution in [0.4, 0.5) is 0 Å². The van der Waals surface area contributed by atoms with E-state index >= 15 is 0 Å². The second kappa shape index (κ2) is 7.26. The van der Waals surface area contributed by atoms with Crippen LogP contribution >= 0.6 is 0 Å². The largest absolute Gasteiger partial charge is 0.497 e. The van der Waals surface area contributed by atoms with Crippen molar-refractivity contribution in [3.8, 4) is 17.2 Å². The molecule has 0 atom stereocenters. The van der Waals surface area contributed by atoms with E-state index in [0.717, 1.165) is 16.9 Å². The minimum absolute atomic E-state index is 0.253. The zero-order chi connectivity index (χ0) is 15.9. The summed E-state index contributed by atoms with van der Waals surface area (Å²) in [5.74, 6) is 1.33. The fourth-order valence-corrected chi connectivity index (χ4v) is 1.98. The van der Waals surface area contributed by atoms with Crippen molar-refractivity contribution in [1.29, 1.82) is 0 Å². The maximum absolute atomic E-state index is 5.46. The number of aromatic nitrogens is 1. The highest BCUT2D eigenvalue weighted by molar-refractivity contribution is 5.78. The smallest absolute Gasteiger partial charge is 0.226 e. The van der Waals surface area contributed by atoms with Gasteiger partial charge in [-0.05, 0) is 29.8 Å². The first-order chi connectivity index (χ1) is 11.3. The molecule has 116 valence electrons. The lowest BCUT2D eigenvalue weighted by molar-refractivity contribution is 0.129. The molecule has 0 aliphatic heterocycles. The van der Waals surface area contributed by atoms with Crippen molar-refractivity contribution < 1.29 is 14.0 Å². The fraction of sp³-hybridized carbons (Fsp3) is 0.111. The second-order valence-corrected chi connectivity index (χ2v) is 4.79. The maximum atomic E-state index is 5.46. The van der Waals surface area contributed by atoms with Crippen molar-refractivity contribution in [1.82, 2.24) is 4.98 Å². The summed E-state index contributed by atoms with van der Waals surface area (Å²) < 4.78 is 10.6. The van der Waals surface area contributed by atoms with Gasteiger partial charge in [-0.1, -0.05) is 35.5 Å². The van der Waals surface area contributed by atoms with Crippen LogP contribution in [0.2, 0.25) is 0 Å². The molecule has 2 aromatic carbocycles. The molecule has 3 aromatic rings. The van der Waals surface area contributed by atoms with Crippen LogP contribution in [0.3, 0.4) is 0 Å².